The van der Waals surface area contributed by atoms with Crippen LogP contribution in [0, 0.1) is 5.82 Å². The van der Waals surface area contributed by atoms with Crippen LogP contribution in [0.4, 0.5) is 4.39 Å². The summed E-state index contributed by atoms with van der Waals surface area (Å²) in [5.41, 5.74) is 5.20. The predicted octanol–water partition coefficient (Wildman–Crippen LogP) is 1.18. The molecule has 0 aliphatic heterocycles. The second-order valence-corrected chi connectivity index (χ2v) is 2.99. The molecule has 0 heterocycles. The minimum absolute atomic E-state index is 0.0142. The lowest BCUT2D eigenvalue weighted by atomic mass is 10.1. The van der Waals surface area contributed by atoms with Crippen LogP contribution < -0.4 is 5.73 Å². The zero-order valence-corrected chi connectivity index (χ0v) is 7.42. The van der Waals surface area contributed by atoms with E-state index in [1.807, 2.05) is 0 Å². The number of aliphatic hydroxyl groups is 1. The quantitative estimate of drug-likeness (QED) is 0.679. The number of aliphatic hydroxyl groups excluding tert-OH is 1. The van der Waals surface area contributed by atoms with E-state index in [1.165, 1.54) is 6.07 Å². The summed E-state index contributed by atoms with van der Waals surface area (Å²) in [6, 6.07) is 1.35. The Balaban J connectivity index is 3.25. The maximum atomic E-state index is 13.1. The molecule has 0 aliphatic rings. The first-order valence-corrected chi connectivity index (χ1v) is 3.99. The lowest BCUT2D eigenvalue weighted by molar-refractivity contribution is 0.262. The first kappa shape index (κ1) is 10.2. The Morgan fingerprint density at radius 3 is 2.69 bits per heavy atom. The standard InChI is InChI=1S/C8H9ClFNO2/c9-4-1-2-5(10)7(8(4)13)6(11)3-12/h1-2,6,12-13H,3,11H2. The van der Waals surface area contributed by atoms with Crippen LogP contribution in [0.5, 0.6) is 5.75 Å². The average Bonchev–Trinajstić information content (AvgIpc) is 2.12. The number of hydrogen-bond acceptors (Lipinski definition) is 3. The molecule has 0 radical (unpaired) electrons. The molecule has 0 saturated carbocycles. The van der Waals surface area contributed by atoms with Crippen molar-refractivity contribution in [1.82, 2.24) is 0 Å². The molecule has 4 N–H and O–H groups in total. The minimum atomic E-state index is -0.960. The topological polar surface area (TPSA) is 66.5 Å². The van der Waals surface area contributed by atoms with Gasteiger partial charge in [0.15, 0.2) is 0 Å². The van der Waals surface area contributed by atoms with Crippen molar-refractivity contribution in [3.8, 4) is 5.75 Å². The highest BCUT2D eigenvalue weighted by Crippen LogP contribution is 2.32. The Hall–Kier alpha value is -0.840. The summed E-state index contributed by atoms with van der Waals surface area (Å²) in [6.07, 6.45) is 0. The number of hydrogen-bond donors (Lipinski definition) is 3. The van der Waals surface area contributed by atoms with Crippen LogP contribution in [0.3, 0.4) is 0 Å². The molecule has 3 nitrogen and oxygen atoms in total. The SMILES string of the molecule is NC(CO)c1c(F)ccc(Cl)c1O. The molecule has 0 spiro atoms. The first-order chi connectivity index (χ1) is 6.07. The summed E-state index contributed by atoms with van der Waals surface area (Å²) < 4.78 is 13.1. The number of aromatic hydroxyl groups is 1. The first-order valence-electron chi connectivity index (χ1n) is 3.61. The van der Waals surface area contributed by atoms with Gasteiger partial charge in [0.2, 0.25) is 0 Å². The fourth-order valence-corrected chi connectivity index (χ4v) is 1.17. The summed E-state index contributed by atoms with van der Waals surface area (Å²) in [4.78, 5) is 0. The normalized spacial score (nSPS) is 12.9. The summed E-state index contributed by atoms with van der Waals surface area (Å²) in [7, 11) is 0. The van der Waals surface area contributed by atoms with Crippen LogP contribution in [-0.2, 0) is 0 Å². The van der Waals surface area contributed by atoms with Crippen molar-refractivity contribution in [2.24, 2.45) is 5.73 Å². The predicted molar refractivity (Wildman–Crippen MR) is 47.1 cm³/mol. The molecule has 0 bridgehead atoms. The minimum Gasteiger partial charge on any atom is -0.506 e. The molecule has 0 aromatic heterocycles. The van der Waals surface area contributed by atoms with Crippen molar-refractivity contribution in [3.05, 3.63) is 28.5 Å². The molecule has 72 valence electrons. The van der Waals surface area contributed by atoms with E-state index in [0.717, 1.165) is 6.07 Å². The zero-order valence-electron chi connectivity index (χ0n) is 6.67. The van der Waals surface area contributed by atoms with Crippen molar-refractivity contribution in [3.63, 3.8) is 0 Å². The maximum absolute atomic E-state index is 13.1. The third-order valence-electron chi connectivity index (χ3n) is 1.68. The van der Waals surface area contributed by atoms with Crippen LogP contribution in [-0.4, -0.2) is 16.8 Å². The van der Waals surface area contributed by atoms with Crippen molar-refractivity contribution in [2.75, 3.05) is 6.61 Å². The van der Waals surface area contributed by atoms with E-state index in [9.17, 15) is 9.50 Å². The molecule has 0 fully saturated rings. The van der Waals surface area contributed by atoms with Gasteiger partial charge in [-0.3, -0.25) is 0 Å². The van der Waals surface area contributed by atoms with Gasteiger partial charge in [0, 0.05) is 0 Å². The monoisotopic (exact) mass is 205 g/mol. The summed E-state index contributed by atoms with van der Waals surface area (Å²) in [5.74, 6) is -1.09. The molecular weight excluding hydrogens is 197 g/mol. The highest BCUT2D eigenvalue weighted by molar-refractivity contribution is 6.32. The van der Waals surface area contributed by atoms with Gasteiger partial charge in [0.1, 0.15) is 11.6 Å². The zero-order chi connectivity index (χ0) is 10.0. The van der Waals surface area contributed by atoms with E-state index >= 15 is 0 Å². The van der Waals surface area contributed by atoms with Crippen LogP contribution in [0.2, 0.25) is 5.02 Å². The molecule has 0 saturated heterocycles. The third kappa shape index (κ3) is 1.91. The van der Waals surface area contributed by atoms with Gasteiger partial charge in [0.05, 0.1) is 23.2 Å². The third-order valence-corrected chi connectivity index (χ3v) is 1.99. The lowest BCUT2D eigenvalue weighted by Gasteiger charge is -2.12. The molecule has 1 unspecified atom stereocenters. The van der Waals surface area contributed by atoms with E-state index in [1.54, 1.807) is 0 Å². The van der Waals surface area contributed by atoms with E-state index in [0.29, 0.717) is 0 Å². The van der Waals surface area contributed by atoms with Gasteiger partial charge >= 0.3 is 0 Å². The van der Waals surface area contributed by atoms with E-state index in [4.69, 9.17) is 22.4 Å². The fourth-order valence-electron chi connectivity index (χ4n) is 1.00. The van der Waals surface area contributed by atoms with Crippen LogP contribution in [0.25, 0.3) is 0 Å². The summed E-state index contributed by atoms with van der Waals surface area (Å²) >= 11 is 5.53. The molecular formula is C8H9ClFNO2. The Kier molecular flexibility index (Phi) is 3.08. The number of phenolic OH excluding ortho intramolecular Hbond substituents is 1. The van der Waals surface area contributed by atoms with E-state index < -0.39 is 24.2 Å². The Labute approximate surface area is 79.6 Å². The highest BCUT2D eigenvalue weighted by atomic mass is 35.5. The van der Waals surface area contributed by atoms with Crippen molar-refractivity contribution >= 4 is 11.6 Å². The number of rotatable bonds is 2. The van der Waals surface area contributed by atoms with Crippen molar-refractivity contribution < 1.29 is 14.6 Å². The number of phenols is 1. The van der Waals surface area contributed by atoms with Gasteiger partial charge in [-0.15, -0.1) is 0 Å². The van der Waals surface area contributed by atoms with E-state index in [-0.39, 0.29) is 10.6 Å². The van der Waals surface area contributed by atoms with Crippen LogP contribution >= 0.6 is 11.6 Å². The van der Waals surface area contributed by atoms with Gasteiger partial charge in [-0.1, -0.05) is 11.6 Å². The Morgan fingerprint density at radius 2 is 2.15 bits per heavy atom. The second-order valence-electron chi connectivity index (χ2n) is 2.58. The molecule has 0 amide bonds. The number of nitrogens with two attached hydrogens (primary N) is 1. The number of halogens is 2. The molecule has 13 heavy (non-hydrogen) atoms. The van der Waals surface area contributed by atoms with Crippen molar-refractivity contribution in [1.29, 1.82) is 0 Å². The Bertz CT molecular complexity index is 319. The van der Waals surface area contributed by atoms with Gasteiger partial charge in [-0.2, -0.15) is 0 Å². The molecule has 1 atom stereocenters. The smallest absolute Gasteiger partial charge is 0.141 e. The van der Waals surface area contributed by atoms with Crippen molar-refractivity contribution in [2.45, 2.75) is 6.04 Å². The van der Waals surface area contributed by atoms with Gasteiger partial charge in [-0.05, 0) is 12.1 Å². The summed E-state index contributed by atoms with van der Waals surface area (Å²) in [5, 5.41) is 18.0. The average molecular weight is 206 g/mol. The molecule has 1 aromatic rings. The number of benzene rings is 1. The fraction of sp³-hybridized carbons (Fsp3) is 0.250. The molecule has 0 aliphatic carbocycles. The van der Waals surface area contributed by atoms with Gasteiger partial charge < -0.3 is 15.9 Å². The maximum Gasteiger partial charge on any atom is 0.141 e. The largest absolute Gasteiger partial charge is 0.506 e. The van der Waals surface area contributed by atoms with Gasteiger partial charge in [-0.25, -0.2) is 4.39 Å². The van der Waals surface area contributed by atoms with Gasteiger partial charge in [0.25, 0.3) is 0 Å². The molecule has 1 aromatic carbocycles. The molecule has 5 heteroatoms. The summed E-state index contributed by atoms with van der Waals surface area (Å²) in [6.45, 7) is -0.454. The van der Waals surface area contributed by atoms with Crippen LogP contribution in [0.1, 0.15) is 11.6 Å². The van der Waals surface area contributed by atoms with E-state index in [2.05, 4.69) is 0 Å². The second kappa shape index (κ2) is 3.91. The molecule has 1 rings (SSSR count). The Morgan fingerprint density at radius 1 is 1.54 bits per heavy atom. The van der Waals surface area contributed by atoms with Crippen LogP contribution in [0.15, 0.2) is 12.1 Å². The highest BCUT2D eigenvalue weighted by Gasteiger charge is 2.17. The lowest BCUT2D eigenvalue weighted by Crippen LogP contribution is -2.16.